The molecule has 1 aliphatic rings. The summed E-state index contributed by atoms with van der Waals surface area (Å²) in [5.74, 6) is -0.433. The third-order valence-electron chi connectivity index (χ3n) is 4.85. The first-order chi connectivity index (χ1) is 13.5. The van der Waals surface area contributed by atoms with Crippen molar-refractivity contribution in [2.45, 2.75) is 12.6 Å². The molecule has 0 bridgehead atoms. The normalized spacial score (nSPS) is 17.2. The van der Waals surface area contributed by atoms with Gasteiger partial charge in [0.1, 0.15) is 5.82 Å². The summed E-state index contributed by atoms with van der Waals surface area (Å²) >= 11 is 0. The average Bonchev–Trinajstić information content (AvgIpc) is 2.72. The number of halogens is 1. The summed E-state index contributed by atoms with van der Waals surface area (Å²) in [6.07, 6.45) is 0. The molecule has 2 N–H and O–H groups in total. The fourth-order valence-corrected chi connectivity index (χ4v) is 3.28. The van der Waals surface area contributed by atoms with Crippen molar-refractivity contribution < 1.29 is 14.0 Å². The van der Waals surface area contributed by atoms with E-state index in [4.69, 9.17) is 0 Å². The van der Waals surface area contributed by atoms with Crippen LogP contribution in [0.5, 0.6) is 0 Å². The largest absolute Gasteiger partial charge is 0.334 e. The van der Waals surface area contributed by atoms with Crippen molar-refractivity contribution in [1.82, 2.24) is 20.4 Å². The second kappa shape index (κ2) is 9.32. The minimum Gasteiger partial charge on any atom is -0.334 e. The van der Waals surface area contributed by atoms with E-state index in [1.54, 1.807) is 12.1 Å². The number of benzene rings is 2. The van der Waals surface area contributed by atoms with Crippen LogP contribution in [0.4, 0.5) is 9.18 Å². The molecule has 3 amide bonds. The first kappa shape index (κ1) is 19.8. The molecule has 0 spiro atoms. The van der Waals surface area contributed by atoms with E-state index in [1.807, 2.05) is 42.3 Å². The Kier molecular flexibility index (Phi) is 6.60. The molecule has 0 aromatic heterocycles. The lowest BCUT2D eigenvalue weighted by Gasteiger charge is -2.40. The topological polar surface area (TPSA) is 64.7 Å². The van der Waals surface area contributed by atoms with Crippen LogP contribution < -0.4 is 10.6 Å². The van der Waals surface area contributed by atoms with Gasteiger partial charge in [0.05, 0.1) is 12.6 Å². The van der Waals surface area contributed by atoms with E-state index >= 15 is 0 Å². The third kappa shape index (κ3) is 5.29. The molecule has 1 atom stereocenters. The first-order valence-electron chi connectivity index (χ1n) is 9.32. The number of nitrogens with one attached hydrogen (secondary N) is 2. The Morgan fingerprint density at radius 1 is 1.04 bits per heavy atom. The first-order valence-corrected chi connectivity index (χ1v) is 9.32. The van der Waals surface area contributed by atoms with Crippen LogP contribution in [0.1, 0.15) is 17.2 Å². The van der Waals surface area contributed by atoms with Gasteiger partial charge in [-0.3, -0.25) is 4.79 Å². The molecule has 28 heavy (non-hydrogen) atoms. The van der Waals surface area contributed by atoms with Crippen LogP contribution in [0.3, 0.4) is 0 Å². The molecule has 3 rings (SSSR count). The Hall–Kier alpha value is -2.93. The molecule has 0 radical (unpaired) electrons. The molecule has 148 valence electrons. The standard InChI is InChI=1S/C21H25FN4O2/c1-25-11-12-26(19(15-25)17-5-3-2-4-6-17)20(27)14-24-21(28)23-13-16-7-9-18(22)10-8-16/h2-10,19H,11-15H2,1H3,(H2,23,24,28)/t19-/m0/s1. The van der Waals surface area contributed by atoms with Gasteiger partial charge in [-0.15, -0.1) is 0 Å². The van der Waals surface area contributed by atoms with Crippen molar-refractivity contribution in [2.75, 3.05) is 33.2 Å². The molecule has 1 heterocycles. The van der Waals surface area contributed by atoms with E-state index in [9.17, 15) is 14.0 Å². The van der Waals surface area contributed by atoms with Crippen LogP contribution in [0.15, 0.2) is 54.6 Å². The number of likely N-dealkylation sites (N-methyl/N-ethyl adjacent to an activating group) is 1. The second-order valence-electron chi connectivity index (χ2n) is 6.94. The Morgan fingerprint density at radius 3 is 2.46 bits per heavy atom. The molecular weight excluding hydrogens is 359 g/mol. The van der Waals surface area contributed by atoms with Crippen LogP contribution in [0.2, 0.25) is 0 Å². The zero-order valence-corrected chi connectivity index (χ0v) is 15.9. The number of piperazine rings is 1. The van der Waals surface area contributed by atoms with Crippen LogP contribution >= 0.6 is 0 Å². The highest BCUT2D eigenvalue weighted by Gasteiger charge is 2.30. The highest BCUT2D eigenvalue weighted by Crippen LogP contribution is 2.24. The van der Waals surface area contributed by atoms with Gasteiger partial charge in [0.15, 0.2) is 0 Å². The third-order valence-corrected chi connectivity index (χ3v) is 4.85. The number of hydrogen-bond acceptors (Lipinski definition) is 3. The maximum atomic E-state index is 12.9. The quantitative estimate of drug-likeness (QED) is 0.830. The van der Waals surface area contributed by atoms with Crippen molar-refractivity contribution in [2.24, 2.45) is 0 Å². The molecule has 1 saturated heterocycles. The lowest BCUT2D eigenvalue weighted by atomic mass is 10.0. The van der Waals surface area contributed by atoms with E-state index in [0.717, 1.165) is 24.2 Å². The van der Waals surface area contributed by atoms with Crippen molar-refractivity contribution in [3.05, 3.63) is 71.5 Å². The van der Waals surface area contributed by atoms with Gasteiger partial charge in [-0.25, -0.2) is 9.18 Å². The summed E-state index contributed by atoms with van der Waals surface area (Å²) < 4.78 is 12.9. The smallest absolute Gasteiger partial charge is 0.315 e. The zero-order valence-electron chi connectivity index (χ0n) is 15.9. The SMILES string of the molecule is CN1CCN(C(=O)CNC(=O)NCc2ccc(F)cc2)[C@H](c2ccccc2)C1. The summed E-state index contributed by atoms with van der Waals surface area (Å²) in [5, 5.41) is 5.29. The number of nitrogens with zero attached hydrogens (tertiary/aromatic N) is 2. The highest BCUT2D eigenvalue weighted by atomic mass is 19.1. The monoisotopic (exact) mass is 384 g/mol. The Morgan fingerprint density at radius 2 is 1.75 bits per heavy atom. The maximum Gasteiger partial charge on any atom is 0.315 e. The van der Waals surface area contributed by atoms with Crippen LogP contribution in [-0.4, -0.2) is 55.0 Å². The summed E-state index contributed by atoms with van der Waals surface area (Å²) in [4.78, 5) is 28.8. The molecule has 1 fully saturated rings. The maximum absolute atomic E-state index is 12.9. The molecule has 6 nitrogen and oxygen atoms in total. The second-order valence-corrected chi connectivity index (χ2v) is 6.94. The predicted octanol–water partition coefficient (Wildman–Crippen LogP) is 2.14. The summed E-state index contributed by atoms with van der Waals surface area (Å²) in [6.45, 7) is 2.37. The van der Waals surface area contributed by atoms with E-state index in [2.05, 4.69) is 15.5 Å². The molecule has 0 saturated carbocycles. The predicted molar refractivity (Wildman–Crippen MR) is 105 cm³/mol. The minimum absolute atomic E-state index is 0.0310. The van der Waals surface area contributed by atoms with Gasteiger partial charge in [-0.05, 0) is 30.3 Å². The van der Waals surface area contributed by atoms with Crippen LogP contribution in [0, 0.1) is 5.82 Å². The van der Waals surface area contributed by atoms with Gasteiger partial charge >= 0.3 is 6.03 Å². The fraction of sp³-hybridized carbons (Fsp3) is 0.333. The van der Waals surface area contributed by atoms with E-state index < -0.39 is 6.03 Å². The molecule has 2 aromatic rings. The molecule has 2 aromatic carbocycles. The Bertz CT molecular complexity index is 798. The molecule has 0 unspecified atom stereocenters. The summed E-state index contributed by atoms with van der Waals surface area (Å²) in [7, 11) is 2.04. The van der Waals surface area contributed by atoms with Crippen molar-refractivity contribution >= 4 is 11.9 Å². The van der Waals surface area contributed by atoms with Gasteiger partial charge in [0, 0.05) is 26.2 Å². The molecule has 7 heteroatoms. The molecule has 1 aliphatic heterocycles. The van der Waals surface area contributed by atoms with Crippen molar-refractivity contribution in [3.63, 3.8) is 0 Å². The summed E-state index contributed by atoms with van der Waals surface area (Å²) in [6, 6.07) is 15.4. The van der Waals surface area contributed by atoms with Crippen molar-refractivity contribution in [1.29, 1.82) is 0 Å². The van der Waals surface area contributed by atoms with Gasteiger partial charge in [0.25, 0.3) is 0 Å². The Balaban J connectivity index is 1.52. The van der Waals surface area contributed by atoms with Crippen LogP contribution in [-0.2, 0) is 11.3 Å². The van der Waals surface area contributed by atoms with Gasteiger partial charge < -0.3 is 20.4 Å². The van der Waals surface area contributed by atoms with Gasteiger partial charge in [0.2, 0.25) is 5.91 Å². The van der Waals surface area contributed by atoms with Gasteiger partial charge in [-0.1, -0.05) is 42.5 Å². The minimum atomic E-state index is -0.428. The molecule has 0 aliphatic carbocycles. The fourth-order valence-electron chi connectivity index (χ4n) is 3.28. The average molecular weight is 384 g/mol. The number of rotatable bonds is 5. The van der Waals surface area contributed by atoms with Gasteiger partial charge in [-0.2, -0.15) is 0 Å². The number of carbonyl (C=O) groups excluding carboxylic acids is 2. The van der Waals surface area contributed by atoms with Crippen molar-refractivity contribution in [3.8, 4) is 0 Å². The van der Waals surface area contributed by atoms with E-state index in [1.165, 1.54) is 12.1 Å². The number of hydrogen-bond donors (Lipinski definition) is 2. The lowest BCUT2D eigenvalue weighted by Crippen LogP contribution is -2.52. The number of carbonyl (C=O) groups is 2. The number of amides is 3. The lowest BCUT2D eigenvalue weighted by molar-refractivity contribution is -0.135. The van der Waals surface area contributed by atoms with Crippen LogP contribution in [0.25, 0.3) is 0 Å². The van der Waals surface area contributed by atoms with E-state index in [0.29, 0.717) is 6.54 Å². The zero-order chi connectivity index (χ0) is 19.9. The van der Waals surface area contributed by atoms with E-state index in [-0.39, 0.29) is 30.9 Å². The summed E-state index contributed by atoms with van der Waals surface area (Å²) in [5.41, 5.74) is 1.87. The molecular formula is C21H25FN4O2. The number of urea groups is 1. The Labute approximate surface area is 164 Å². The highest BCUT2D eigenvalue weighted by molar-refractivity contribution is 5.84.